The standard InChI is InChI=1S/C20H18ClN3O/c21-16-12-17-19(24-20(25)22-17)23-18(16)15-10-8-14(9-11-15)7-6-13-4-2-1-3-5-13/h8-13H,1-5H2,(H2,22,23,24,25). The summed E-state index contributed by atoms with van der Waals surface area (Å²) in [5.74, 6) is 7.22. The summed E-state index contributed by atoms with van der Waals surface area (Å²) in [6.07, 6.45) is 6.38. The Balaban J connectivity index is 1.60. The number of aromatic amines is 2. The zero-order valence-corrected chi connectivity index (χ0v) is 14.5. The largest absolute Gasteiger partial charge is 0.325 e. The Bertz CT molecular complexity index is 1020. The fraction of sp³-hybridized carbons (Fsp3) is 0.300. The third-order valence-electron chi connectivity index (χ3n) is 4.64. The highest BCUT2D eigenvalue weighted by atomic mass is 35.5. The molecule has 0 aliphatic heterocycles. The lowest BCUT2D eigenvalue weighted by atomic mass is 9.89. The minimum absolute atomic E-state index is 0.288. The highest BCUT2D eigenvalue weighted by Crippen LogP contribution is 2.28. The second-order valence-corrected chi connectivity index (χ2v) is 6.88. The van der Waals surface area contributed by atoms with Crippen molar-refractivity contribution in [3.63, 3.8) is 0 Å². The second kappa shape index (κ2) is 6.78. The first kappa shape index (κ1) is 16.0. The van der Waals surface area contributed by atoms with Crippen LogP contribution in [0.1, 0.15) is 37.7 Å². The van der Waals surface area contributed by atoms with Crippen molar-refractivity contribution in [2.45, 2.75) is 32.1 Å². The Kier molecular flexibility index (Phi) is 4.33. The van der Waals surface area contributed by atoms with Crippen LogP contribution in [0.5, 0.6) is 0 Å². The van der Waals surface area contributed by atoms with Crippen LogP contribution in [0.15, 0.2) is 35.1 Å². The molecule has 0 amide bonds. The maximum Gasteiger partial charge on any atom is 0.325 e. The number of hydrogen-bond donors (Lipinski definition) is 2. The summed E-state index contributed by atoms with van der Waals surface area (Å²) < 4.78 is 0. The maximum absolute atomic E-state index is 11.4. The molecular weight excluding hydrogens is 334 g/mol. The molecule has 126 valence electrons. The van der Waals surface area contributed by atoms with Gasteiger partial charge >= 0.3 is 5.69 Å². The second-order valence-electron chi connectivity index (χ2n) is 6.48. The molecule has 4 rings (SSSR count). The van der Waals surface area contributed by atoms with Crippen LogP contribution < -0.4 is 5.69 Å². The molecule has 5 heteroatoms. The molecule has 1 aliphatic carbocycles. The number of pyridine rings is 1. The van der Waals surface area contributed by atoms with Crippen molar-refractivity contribution in [1.29, 1.82) is 0 Å². The SMILES string of the molecule is O=c1[nH]c2cc(Cl)c(-c3ccc(C#CC4CCCCC4)cc3)nc2[nH]1. The number of halogens is 1. The normalized spacial score (nSPS) is 15.1. The molecule has 4 nitrogen and oxygen atoms in total. The van der Waals surface area contributed by atoms with Gasteiger partial charge in [0.2, 0.25) is 0 Å². The fourth-order valence-corrected chi connectivity index (χ4v) is 3.55. The van der Waals surface area contributed by atoms with E-state index in [4.69, 9.17) is 11.6 Å². The van der Waals surface area contributed by atoms with E-state index in [-0.39, 0.29) is 5.69 Å². The van der Waals surface area contributed by atoms with E-state index in [1.54, 1.807) is 6.07 Å². The molecule has 0 radical (unpaired) electrons. The molecule has 1 aliphatic rings. The van der Waals surface area contributed by atoms with E-state index in [9.17, 15) is 4.79 Å². The van der Waals surface area contributed by atoms with E-state index in [0.29, 0.717) is 27.8 Å². The predicted molar refractivity (Wildman–Crippen MR) is 101 cm³/mol. The molecular formula is C20H18ClN3O. The number of hydrogen-bond acceptors (Lipinski definition) is 2. The summed E-state index contributed by atoms with van der Waals surface area (Å²) in [6, 6.07) is 9.64. The number of H-pyrrole nitrogens is 2. The lowest BCUT2D eigenvalue weighted by Crippen LogP contribution is -2.02. The number of benzene rings is 1. The van der Waals surface area contributed by atoms with E-state index >= 15 is 0 Å². The molecule has 2 N–H and O–H groups in total. The van der Waals surface area contributed by atoms with Crippen molar-refractivity contribution in [1.82, 2.24) is 15.0 Å². The van der Waals surface area contributed by atoms with Crippen LogP contribution in [0.4, 0.5) is 0 Å². The first-order valence-electron chi connectivity index (χ1n) is 8.59. The van der Waals surface area contributed by atoms with E-state index < -0.39 is 0 Å². The van der Waals surface area contributed by atoms with Crippen molar-refractivity contribution in [2.24, 2.45) is 5.92 Å². The van der Waals surface area contributed by atoms with Gasteiger partial charge in [0.1, 0.15) is 0 Å². The molecule has 1 aromatic carbocycles. The summed E-state index contributed by atoms with van der Waals surface area (Å²) >= 11 is 6.32. The Hall–Kier alpha value is -2.51. The van der Waals surface area contributed by atoms with Crippen LogP contribution in [0.25, 0.3) is 22.4 Å². The molecule has 2 heterocycles. The number of fused-ring (bicyclic) bond motifs is 1. The zero-order chi connectivity index (χ0) is 17.2. The lowest BCUT2D eigenvalue weighted by molar-refractivity contribution is 0.430. The number of rotatable bonds is 1. The zero-order valence-electron chi connectivity index (χ0n) is 13.7. The number of imidazole rings is 1. The van der Waals surface area contributed by atoms with Gasteiger partial charge in [0, 0.05) is 17.0 Å². The summed E-state index contributed by atoms with van der Waals surface area (Å²) in [5.41, 5.74) is 3.37. The van der Waals surface area contributed by atoms with E-state index in [2.05, 4.69) is 26.8 Å². The molecule has 0 unspecified atom stereocenters. The molecule has 0 spiro atoms. The van der Waals surface area contributed by atoms with Crippen molar-refractivity contribution in [2.75, 3.05) is 0 Å². The summed E-state index contributed by atoms with van der Waals surface area (Å²) in [6.45, 7) is 0. The van der Waals surface area contributed by atoms with Gasteiger partial charge in [-0.25, -0.2) is 9.78 Å². The first-order chi connectivity index (χ1) is 12.2. The van der Waals surface area contributed by atoms with Crippen molar-refractivity contribution >= 4 is 22.8 Å². The van der Waals surface area contributed by atoms with Gasteiger partial charge in [0.15, 0.2) is 5.65 Å². The van der Waals surface area contributed by atoms with Gasteiger partial charge in [-0.2, -0.15) is 0 Å². The van der Waals surface area contributed by atoms with Gasteiger partial charge in [-0.15, -0.1) is 0 Å². The number of aromatic nitrogens is 3. The predicted octanol–water partition coefficient (Wildman–Crippen LogP) is 4.50. The quantitative estimate of drug-likeness (QED) is 0.634. The number of nitrogens with zero attached hydrogens (tertiary/aromatic N) is 1. The molecule has 0 bridgehead atoms. The van der Waals surface area contributed by atoms with Gasteiger partial charge in [-0.3, -0.25) is 4.98 Å². The van der Waals surface area contributed by atoms with Crippen LogP contribution in [-0.4, -0.2) is 15.0 Å². The van der Waals surface area contributed by atoms with Crippen molar-refractivity contribution in [3.8, 4) is 23.1 Å². The van der Waals surface area contributed by atoms with E-state index in [1.807, 2.05) is 24.3 Å². The van der Waals surface area contributed by atoms with Crippen LogP contribution in [0.2, 0.25) is 5.02 Å². The average Bonchev–Trinajstić information content (AvgIpc) is 2.99. The van der Waals surface area contributed by atoms with Gasteiger partial charge in [0.05, 0.1) is 16.2 Å². The topological polar surface area (TPSA) is 61.5 Å². The Morgan fingerprint density at radius 1 is 1.08 bits per heavy atom. The van der Waals surface area contributed by atoms with Gasteiger partial charge in [-0.1, -0.05) is 54.8 Å². The van der Waals surface area contributed by atoms with Gasteiger partial charge < -0.3 is 4.98 Å². The first-order valence-corrected chi connectivity index (χ1v) is 8.97. The monoisotopic (exact) mass is 351 g/mol. The van der Waals surface area contributed by atoms with Crippen molar-refractivity contribution < 1.29 is 0 Å². The molecule has 0 saturated heterocycles. The minimum atomic E-state index is -0.288. The molecule has 1 fully saturated rings. The smallest absolute Gasteiger partial charge is 0.304 e. The molecule has 25 heavy (non-hydrogen) atoms. The third-order valence-corrected chi connectivity index (χ3v) is 4.93. The highest BCUT2D eigenvalue weighted by molar-refractivity contribution is 6.33. The Labute approximate surface area is 150 Å². The van der Waals surface area contributed by atoms with Gasteiger partial charge in [-0.05, 0) is 31.0 Å². The number of nitrogens with one attached hydrogen (secondary N) is 2. The molecule has 2 aromatic heterocycles. The van der Waals surface area contributed by atoms with E-state index in [0.717, 1.165) is 11.1 Å². The van der Waals surface area contributed by atoms with Gasteiger partial charge in [0.25, 0.3) is 0 Å². The summed E-state index contributed by atoms with van der Waals surface area (Å²) in [7, 11) is 0. The minimum Gasteiger partial charge on any atom is -0.304 e. The average molecular weight is 352 g/mol. The van der Waals surface area contributed by atoms with Crippen molar-refractivity contribution in [3.05, 3.63) is 51.4 Å². The molecule has 1 saturated carbocycles. The Morgan fingerprint density at radius 2 is 1.84 bits per heavy atom. The Morgan fingerprint density at radius 3 is 2.60 bits per heavy atom. The van der Waals surface area contributed by atoms with Crippen LogP contribution in [0.3, 0.4) is 0 Å². The molecule has 0 atom stereocenters. The highest BCUT2D eigenvalue weighted by Gasteiger charge is 2.11. The van der Waals surface area contributed by atoms with E-state index in [1.165, 1.54) is 32.1 Å². The summed E-state index contributed by atoms with van der Waals surface area (Å²) in [4.78, 5) is 21.2. The van der Waals surface area contributed by atoms with Crippen LogP contribution in [0, 0.1) is 17.8 Å². The molecule has 3 aromatic rings. The fourth-order valence-electron chi connectivity index (χ4n) is 3.29. The van der Waals surface area contributed by atoms with Crippen LogP contribution >= 0.6 is 11.6 Å². The maximum atomic E-state index is 11.4. The lowest BCUT2D eigenvalue weighted by Gasteiger charge is -2.15. The summed E-state index contributed by atoms with van der Waals surface area (Å²) in [5, 5.41) is 0.504. The van der Waals surface area contributed by atoms with Crippen LogP contribution in [-0.2, 0) is 0 Å². The third kappa shape index (κ3) is 3.47.